The Morgan fingerprint density at radius 3 is 2.88 bits per heavy atom. The summed E-state index contributed by atoms with van der Waals surface area (Å²) in [6.45, 7) is 6.21. The average Bonchev–Trinajstić information content (AvgIpc) is 2.73. The smallest absolute Gasteiger partial charge is 0.0111 e. The summed E-state index contributed by atoms with van der Waals surface area (Å²) in [6.07, 6.45) is 6.85. The fourth-order valence-electron chi connectivity index (χ4n) is 3.31. The molecule has 3 nitrogen and oxygen atoms in total. The zero-order valence-electron chi connectivity index (χ0n) is 11.8. The molecule has 0 saturated carbocycles. The predicted octanol–water partition coefficient (Wildman–Crippen LogP) is 1.54. The van der Waals surface area contributed by atoms with E-state index in [4.69, 9.17) is 0 Å². The normalized spacial score (nSPS) is 31.8. The molecule has 2 rings (SSSR count). The van der Waals surface area contributed by atoms with Crippen molar-refractivity contribution in [3.63, 3.8) is 0 Å². The standard InChI is InChI=1S/C14H29N3/c1-12(6-9-16(2)3)15-13-7-10-17-8-4-5-14(17)11-13/h12-15H,4-11H2,1-3H3. The van der Waals surface area contributed by atoms with Crippen molar-refractivity contribution in [3.8, 4) is 0 Å². The third kappa shape index (κ3) is 3.94. The molecule has 0 aliphatic carbocycles. The van der Waals surface area contributed by atoms with Crippen molar-refractivity contribution < 1.29 is 0 Å². The zero-order valence-corrected chi connectivity index (χ0v) is 11.8. The molecule has 100 valence electrons. The molecule has 17 heavy (non-hydrogen) atoms. The minimum atomic E-state index is 0.662. The molecule has 3 unspecified atom stereocenters. The lowest BCUT2D eigenvalue weighted by molar-refractivity contribution is 0.160. The maximum Gasteiger partial charge on any atom is 0.0111 e. The van der Waals surface area contributed by atoms with E-state index >= 15 is 0 Å². The van der Waals surface area contributed by atoms with Gasteiger partial charge in [-0.1, -0.05) is 0 Å². The summed E-state index contributed by atoms with van der Waals surface area (Å²) in [5, 5.41) is 3.83. The van der Waals surface area contributed by atoms with Gasteiger partial charge in [-0.15, -0.1) is 0 Å². The fraction of sp³-hybridized carbons (Fsp3) is 1.00. The van der Waals surface area contributed by atoms with Crippen LogP contribution in [-0.2, 0) is 0 Å². The summed E-state index contributed by atoms with van der Waals surface area (Å²) >= 11 is 0. The molecule has 0 spiro atoms. The summed E-state index contributed by atoms with van der Waals surface area (Å²) < 4.78 is 0. The highest BCUT2D eigenvalue weighted by Crippen LogP contribution is 2.27. The molecule has 2 saturated heterocycles. The molecule has 2 aliphatic heterocycles. The first-order valence-corrected chi connectivity index (χ1v) is 7.30. The van der Waals surface area contributed by atoms with Crippen LogP contribution in [0.5, 0.6) is 0 Å². The minimum Gasteiger partial charge on any atom is -0.311 e. The van der Waals surface area contributed by atoms with Crippen molar-refractivity contribution in [1.29, 1.82) is 0 Å². The molecule has 3 heteroatoms. The molecule has 2 aliphatic rings. The Morgan fingerprint density at radius 2 is 2.12 bits per heavy atom. The zero-order chi connectivity index (χ0) is 12.3. The second-order valence-electron chi connectivity index (χ2n) is 6.21. The van der Waals surface area contributed by atoms with Gasteiger partial charge in [0.15, 0.2) is 0 Å². The number of nitrogens with one attached hydrogen (secondary N) is 1. The van der Waals surface area contributed by atoms with E-state index in [1.165, 1.54) is 51.7 Å². The Labute approximate surface area is 107 Å². The first-order chi connectivity index (χ1) is 8.15. The van der Waals surface area contributed by atoms with E-state index in [9.17, 15) is 0 Å². The number of piperidine rings is 1. The topological polar surface area (TPSA) is 18.5 Å². The first kappa shape index (κ1) is 13.3. The van der Waals surface area contributed by atoms with E-state index in [-0.39, 0.29) is 0 Å². The molecular formula is C14H29N3. The van der Waals surface area contributed by atoms with Crippen molar-refractivity contribution in [2.24, 2.45) is 0 Å². The minimum absolute atomic E-state index is 0.662. The van der Waals surface area contributed by atoms with Gasteiger partial charge in [-0.05, 0) is 72.8 Å². The maximum absolute atomic E-state index is 3.83. The van der Waals surface area contributed by atoms with Gasteiger partial charge in [-0.25, -0.2) is 0 Å². The van der Waals surface area contributed by atoms with Gasteiger partial charge in [0.2, 0.25) is 0 Å². The summed E-state index contributed by atoms with van der Waals surface area (Å²) in [7, 11) is 4.31. The highest BCUT2D eigenvalue weighted by Gasteiger charge is 2.31. The highest BCUT2D eigenvalue weighted by molar-refractivity contribution is 4.89. The third-order valence-electron chi connectivity index (χ3n) is 4.35. The number of hydrogen-bond donors (Lipinski definition) is 1. The molecule has 2 fully saturated rings. The Hall–Kier alpha value is -0.120. The van der Waals surface area contributed by atoms with Crippen molar-refractivity contribution in [2.75, 3.05) is 33.7 Å². The Bertz CT molecular complexity index is 230. The van der Waals surface area contributed by atoms with Gasteiger partial charge in [0.25, 0.3) is 0 Å². The van der Waals surface area contributed by atoms with E-state index in [1.807, 2.05) is 0 Å². The molecule has 0 aromatic carbocycles. The van der Waals surface area contributed by atoms with Crippen LogP contribution < -0.4 is 5.32 Å². The van der Waals surface area contributed by atoms with Crippen molar-refractivity contribution in [2.45, 2.75) is 57.2 Å². The summed E-state index contributed by atoms with van der Waals surface area (Å²) in [5.74, 6) is 0. The van der Waals surface area contributed by atoms with Crippen molar-refractivity contribution in [1.82, 2.24) is 15.1 Å². The first-order valence-electron chi connectivity index (χ1n) is 7.30. The number of nitrogens with zero attached hydrogens (tertiary/aromatic N) is 2. The SMILES string of the molecule is CC(CCN(C)C)NC1CCN2CCCC2C1. The lowest BCUT2D eigenvalue weighted by Gasteiger charge is -2.36. The fourth-order valence-corrected chi connectivity index (χ4v) is 3.31. The van der Waals surface area contributed by atoms with Crippen LogP contribution in [0.2, 0.25) is 0 Å². The number of hydrogen-bond acceptors (Lipinski definition) is 3. The Balaban J connectivity index is 1.68. The molecule has 0 bridgehead atoms. The number of rotatable bonds is 5. The molecule has 1 N–H and O–H groups in total. The van der Waals surface area contributed by atoms with Crippen molar-refractivity contribution >= 4 is 0 Å². The van der Waals surface area contributed by atoms with Crippen LogP contribution in [0.25, 0.3) is 0 Å². The van der Waals surface area contributed by atoms with Crippen LogP contribution in [0.15, 0.2) is 0 Å². The second-order valence-corrected chi connectivity index (χ2v) is 6.21. The highest BCUT2D eigenvalue weighted by atomic mass is 15.2. The van der Waals surface area contributed by atoms with Gasteiger partial charge in [-0.2, -0.15) is 0 Å². The lowest BCUT2D eigenvalue weighted by Crippen LogP contribution is -2.48. The molecule has 0 radical (unpaired) electrons. The van der Waals surface area contributed by atoms with Gasteiger partial charge in [0, 0.05) is 18.1 Å². The van der Waals surface area contributed by atoms with E-state index in [1.54, 1.807) is 0 Å². The summed E-state index contributed by atoms with van der Waals surface area (Å²) in [5.41, 5.74) is 0. The van der Waals surface area contributed by atoms with Gasteiger partial charge in [-0.3, -0.25) is 0 Å². The van der Waals surface area contributed by atoms with Crippen LogP contribution >= 0.6 is 0 Å². The van der Waals surface area contributed by atoms with Crippen LogP contribution in [-0.4, -0.2) is 61.7 Å². The Kier molecular flexibility index (Phi) is 4.83. The number of fused-ring (bicyclic) bond motifs is 1. The van der Waals surface area contributed by atoms with E-state index in [0.717, 1.165) is 12.1 Å². The van der Waals surface area contributed by atoms with Gasteiger partial charge in [0.05, 0.1) is 0 Å². The third-order valence-corrected chi connectivity index (χ3v) is 4.35. The lowest BCUT2D eigenvalue weighted by atomic mass is 9.96. The molecule has 2 heterocycles. The molecular weight excluding hydrogens is 210 g/mol. The second kappa shape index (κ2) is 6.17. The van der Waals surface area contributed by atoms with Crippen molar-refractivity contribution in [3.05, 3.63) is 0 Å². The van der Waals surface area contributed by atoms with E-state index in [2.05, 4.69) is 36.1 Å². The average molecular weight is 239 g/mol. The monoisotopic (exact) mass is 239 g/mol. The van der Waals surface area contributed by atoms with Gasteiger partial charge in [0.1, 0.15) is 0 Å². The molecule has 3 atom stereocenters. The Morgan fingerprint density at radius 1 is 1.29 bits per heavy atom. The molecule has 0 amide bonds. The quantitative estimate of drug-likeness (QED) is 0.785. The van der Waals surface area contributed by atoms with E-state index < -0.39 is 0 Å². The maximum atomic E-state index is 3.83. The summed E-state index contributed by atoms with van der Waals surface area (Å²) in [4.78, 5) is 4.97. The molecule has 0 aromatic rings. The van der Waals surface area contributed by atoms with Gasteiger partial charge < -0.3 is 15.1 Å². The van der Waals surface area contributed by atoms with Crippen LogP contribution in [0.3, 0.4) is 0 Å². The van der Waals surface area contributed by atoms with Gasteiger partial charge >= 0.3 is 0 Å². The summed E-state index contributed by atoms with van der Waals surface area (Å²) in [6, 6.07) is 2.32. The van der Waals surface area contributed by atoms with Crippen LogP contribution in [0, 0.1) is 0 Å². The molecule has 0 aromatic heterocycles. The largest absolute Gasteiger partial charge is 0.311 e. The van der Waals surface area contributed by atoms with Crippen LogP contribution in [0.1, 0.15) is 39.0 Å². The van der Waals surface area contributed by atoms with Crippen LogP contribution in [0.4, 0.5) is 0 Å². The predicted molar refractivity (Wildman–Crippen MR) is 73.4 cm³/mol. The van der Waals surface area contributed by atoms with E-state index in [0.29, 0.717) is 6.04 Å².